The van der Waals surface area contributed by atoms with Gasteiger partial charge in [-0.1, -0.05) is 12.8 Å². The van der Waals surface area contributed by atoms with Crippen molar-refractivity contribution in [2.45, 2.75) is 38.5 Å². The summed E-state index contributed by atoms with van der Waals surface area (Å²) in [5, 5.41) is 19.9. The van der Waals surface area contributed by atoms with E-state index in [0.29, 0.717) is 10.6 Å². The van der Waals surface area contributed by atoms with Gasteiger partial charge in [0, 0.05) is 4.88 Å². The summed E-state index contributed by atoms with van der Waals surface area (Å²) in [7, 11) is 1.29. The van der Waals surface area contributed by atoms with Crippen molar-refractivity contribution in [3.05, 3.63) is 38.0 Å². The van der Waals surface area contributed by atoms with Crippen LogP contribution in [0, 0.1) is 10.1 Å². The summed E-state index contributed by atoms with van der Waals surface area (Å²) >= 11 is 1.33. The number of carbonyl (C=O) groups is 2. The number of fused-ring (bicyclic) bond motifs is 1. The fourth-order valence-corrected chi connectivity index (χ4v) is 4.35. The molecule has 3 rings (SSSR count). The van der Waals surface area contributed by atoms with Gasteiger partial charge in [0.15, 0.2) is 0 Å². The SMILES string of the molecule is COC(=O)c1c(NC(=O)c2[nH]ncc2[N+](=O)[O-])sc2c1CCCCCC2. The molecule has 2 N–H and O–H groups in total. The smallest absolute Gasteiger partial charge is 0.341 e. The van der Waals surface area contributed by atoms with Gasteiger partial charge in [0.1, 0.15) is 11.2 Å². The van der Waals surface area contributed by atoms with Crippen molar-refractivity contribution in [2.75, 3.05) is 12.4 Å². The Hall–Kier alpha value is -2.75. The van der Waals surface area contributed by atoms with Gasteiger partial charge in [-0.2, -0.15) is 5.10 Å². The molecular formula is C16H18N4O5S. The van der Waals surface area contributed by atoms with E-state index in [1.54, 1.807) is 0 Å². The Morgan fingerprint density at radius 2 is 2.04 bits per heavy atom. The summed E-state index contributed by atoms with van der Waals surface area (Å²) in [6.45, 7) is 0. The van der Waals surface area contributed by atoms with Gasteiger partial charge in [-0.15, -0.1) is 11.3 Å². The zero-order valence-electron chi connectivity index (χ0n) is 14.2. The lowest BCUT2D eigenvalue weighted by Crippen LogP contribution is -2.16. The van der Waals surface area contributed by atoms with Gasteiger partial charge >= 0.3 is 11.7 Å². The zero-order chi connectivity index (χ0) is 18.7. The van der Waals surface area contributed by atoms with Crippen LogP contribution in [0.4, 0.5) is 10.7 Å². The third-order valence-corrected chi connectivity index (χ3v) is 5.54. The minimum absolute atomic E-state index is 0.258. The van der Waals surface area contributed by atoms with E-state index in [1.165, 1.54) is 18.4 Å². The predicted octanol–water partition coefficient (Wildman–Crippen LogP) is 3.08. The van der Waals surface area contributed by atoms with Gasteiger partial charge in [-0.25, -0.2) is 4.79 Å². The molecule has 2 heterocycles. The quantitative estimate of drug-likeness (QED) is 0.478. The summed E-state index contributed by atoms with van der Waals surface area (Å²) in [5.74, 6) is -1.23. The number of anilines is 1. The molecule has 0 atom stereocenters. The van der Waals surface area contributed by atoms with E-state index in [2.05, 4.69) is 15.5 Å². The number of nitro groups is 1. The van der Waals surface area contributed by atoms with Crippen molar-refractivity contribution in [3.8, 4) is 0 Å². The number of nitrogens with zero attached hydrogens (tertiary/aromatic N) is 2. The summed E-state index contributed by atoms with van der Waals surface area (Å²) < 4.78 is 4.90. The fraction of sp³-hybridized carbons (Fsp3) is 0.438. The molecule has 0 radical (unpaired) electrons. The van der Waals surface area contributed by atoms with E-state index in [0.717, 1.165) is 55.2 Å². The first-order valence-corrected chi connectivity index (χ1v) is 9.06. The second-order valence-corrected chi connectivity index (χ2v) is 7.06. The van der Waals surface area contributed by atoms with Gasteiger partial charge < -0.3 is 10.1 Å². The third-order valence-electron chi connectivity index (χ3n) is 4.33. The summed E-state index contributed by atoms with van der Waals surface area (Å²) in [4.78, 5) is 36.2. The molecule has 0 aromatic carbocycles. The Balaban J connectivity index is 1.97. The number of hydrogen-bond acceptors (Lipinski definition) is 7. The molecule has 0 bridgehead atoms. The van der Waals surface area contributed by atoms with Crippen molar-refractivity contribution in [2.24, 2.45) is 0 Å². The minimum Gasteiger partial charge on any atom is -0.465 e. The molecule has 0 aliphatic heterocycles. The highest BCUT2D eigenvalue weighted by Crippen LogP contribution is 2.38. The average Bonchev–Trinajstić information content (AvgIpc) is 3.19. The minimum atomic E-state index is -0.714. The molecule has 0 unspecified atom stereocenters. The van der Waals surface area contributed by atoms with E-state index in [4.69, 9.17) is 4.74 Å². The van der Waals surface area contributed by atoms with Gasteiger partial charge in [0.05, 0.1) is 17.6 Å². The number of aryl methyl sites for hydroxylation is 1. The average molecular weight is 378 g/mol. The van der Waals surface area contributed by atoms with Crippen molar-refractivity contribution in [1.29, 1.82) is 0 Å². The van der Waals surface area contributed by atoms with Crippen molar-refractivity contribution < 1.29 is 19.2 Å². The lowest BCUT2D eigenvalue weighted by atomic mass is 9.96. The topological polar surface area (TPSA) is 127 Å². The third kappa shape index (κ3) is 3.45. The summed E-state index contributed by atoms with van der Waals surface area (Å²) in [5.41, 5.74) is 0.588. The van der Waals surface area contributed by atoms with Crippen LogP contribution < -0.4 is 5.32 Å². The van der Waals surface area contributed by atoms with E-state index >= 15 is 0 Å². The van der Waals surface area contributed by atoms with Crippen LogP contribution in [0.3, 0.4) is 0 Å². The zero-order valence-corrected chi connectivity index (χ0v) is 15.0. The number of aromatic nitrogens is 2. The number of amides is 1. The lowest BCUT2D eigenvalue weighted by Gasteiger charge is -2.10. The Kier molecular flexibility index (Phi) is 5.31. The largest absolute Gasteiger partial charge is 0.465 e. The molecule has 0 fully saturated rings. The van der Waals surface area contributed by atoms with Crippen LogP contribution in [0.15, 0.2) is 6.20 Å². The van der Waals surface area contributed by atoms with Crippen LogP contribution in [0.25, 0.3) is 0 Å². The maximum atomic E-state index is 12.5. The molecule has 2 aromatic heterocycles. The standard InChI is InChI=1S/C16H18N4O5S/c1-25-16(22)12-9-6-4-2-3-5-7-11(9)26-15(12)18-14(21)13-10(20(23)24)8-17-19-13/h8H,2-7H2,1H3,(H,17,19)(H,18,21). The number of hydrogen-bond donors (Lipinski definition) is 2. The van der Waals surface area contributed by atoms with Crippen molar-refractivity contribution in [3.63, 3.8) is 0 Å². The van der Waals surface area contributed by atoms with E-state index in [9.17, 15) is 19.7 Å². The molecule has 1 aliphatic rings. The number of carbonyl (C=O) groups excluding carboxylic acids is 2. The number of methoxy groups -OCH3 is 1. The summed E-state index contributed by atoms with van der Waals surface area (Å²) in [6, 6.07) is 0. The molecule has 1 amide bonds. The molecular weight excluding hydrogens is 360 g/mol. The van der Waals surface area contributed by atoms with Gasteiger partial charge in [0.2, 0.25) is 5.69 Å². The first kappa shape index (κ1) is 18.1. The van der Waals surface area contributed by atoms with Crippen LogP contribution in [0.1, 0.15) is 57.0 Å². The van der Waals surface area contributed by atoms with Gasteiger partial charge in [0.25, 0.3) is 5.91 Å². The molecule has 138 valence electrons. The molecule has 10 heteroatoms. The van der Waals surface area contributed by atoms with Gasteiger partial charge in [-0.05, 0) is 31.2 Å². The Morgan fingerprint density at radius 3 is 2.73 bits per heavy atom. The maximum absolute atomic E-state index is 12.5. The van der Waals surface area contributed by atoms with Crippen LogP contribution in [-0.4, -0.2) is 34.1 Å². The molecule has 26 heavy (non-hydrogen) atoms. The van der Waals surface area contributed by atoms with E-state index in [1.807, 2.05) is 0 Å². The molecule has 1 aliphatic carbocycles. The van der Waals surface area contributed by atoms with Crippen LogP contribution in [-0.2, 0) is 17.6 Å². The second kappa shape index (κ2) is 7.65. The molecule has 0 spiro atoms. The highest BCUT2D eigenvalue weighted by molar-refractivity contribution is 7.17. The molecule has 2 aromatic rings. The van der Waals surface area contributed by atoms with Crippen LogP contribution in [0.5, 0.6) is 0 Å². The molecule has 0 saturated carbocycles. The lowest BCUT2D eigenvalue weighted by molar-refractivity contribution is -0.385. The van der Waals surface area contributed by atoms with E-state index in [-0.39, 0.29) is 5.69 Å². The fourth-order valence-electron chi connectivity index (χ4n) is 3.08. The number of thiophene rings is 1. The second-order valence-electron chi connectivity index (χ2n) is 5.96. The Labute approximate surface area is 152 Å². The number of nitrogens with one attached hydrogen (secondary N) is 2. The number of aromatic amines is 1. The summed E-state index contributed by atoms with van der Waals surface area (Å²) in [6.07, 6.45) is 6.77. The monoisotopic (exact) mass is 378 g/mol. The predicted molar refractivity (Wildman–Crippen MR) is 94.7 cm³/mol. The highest BCUT2D eigenvalue weighted by Gasteiger charge is 2.28. The maximum Gasteiger partial charge on any atom is 0.341 e. The van der Waals surface area contributed by atoms with Gasteiger partial charge in [-0.3, -0.25) is 20.0 Å². The van der Waals surface area contributed by atoms with Crippen LogP contribution >= 0.6 is 11.3 Å². The molecule has 0 saturated heterocycles. The van der Waals surface area contributed by atoms with Crippen LogP contribution in [0.2, 0.25) is 0 Å². The number of rotatable bonds is 4. The first-order chi connectivity index (χ1) is 12.5. The van der Waals surface area contributed by atoms with Crippen molar-refractivity contribution in [1.82, 2.24) is 10.2 Å². The Morgan fingerprint density at radius 1 is 1.31 bits per heavy atom. The normalized spacial score (nSPS) is 14.0. The molecule has 9 nitrogen and oxygen atoms in total. The number of H-pyrrole nitrogens is 1. The Bertz CT molecular complexity index is 857. The van der Waals surface area contributed by atoms with E-state index < -0.39 is 22.5 Å². The van der Waals surface area contributed by atoms with Crippen molar-refractivity contribution >= 4 is 33.9 Å². The number of ether oxygens (including phenoxy) is 1. The number of esters is 1. The first-order valence-electron chi connectivity index (χ1n) is 8.25. The highest BCUT2D eigenvalue weighted by atomic mass is 32.1.